The Bertz CT molecular complexity index is 992. The van der Waals surface area contributed by atoms with Crippen LogP contribution < -0.4 is 4.74 Å². The van der Waals surface area contributed by atoms with Crippen LogP contribution in [0.15, 0.2) is 82.6 Å². The molecule has 0 atom stereocenters. The summed E-state index contributed by atoms with van der Waals surface area (Å²) < 4.78 is 30.5. The van der Waals surface area contributed by atoms with Crippen molar-refractivity contribution in [2.75, 3.05) is 0 Å². The molecular formula is C18H12N2O3S. The van der Waals surface area contributed by atoms with Gasteiger partial charge in [-0.2, -0.15) is 5.26 Å². The lowest BCUT2D eigenvalue weighted by atomic mass is 10.3. The van der Waals surface area contributed by atoms with Gasteiger partial charge in [0.05, 0.1) is 9.79 Å². The van der Waals surface area contributed by atoms with Crippen molar-refractivity contribution in [3.05, 3.63) is 78.5 Å². The van der Waals surface area contributed by atoms with Gasteiger partial charge < -0.3 is 4.74 Å². The number of aromatic nitrogens is 1. The minimum absolute atomic E-state index is 0.180. The van der Waals surface area contributed by atoms with Gasteiger partial charge in [0.2, 0.25) is 15.7 Å². The molecule has 0 saturated carbocycles. The van der Waals surface area contributed by atoms with Crippen LogP contribution in [0, 0.1) is 11.3 Å². The van der Waals surface area contributed by atoms with Crippen molar-refractivity contribution < 1.29 is 13.2 Å². The largest absolute Gasteiger partial charge is 0.439 e. The van der Waals surface area contributed by atoms with E-state index in [4.69, 9.17) is 10.00 Å². The van der Waals surface area contributed by atoms with Crippen LogP contribution in [0.3, 0.4) is 0 Å². The molecule has 0 amide bonds. The summed E-state index contributed by atoms with van der Waals surface area (Å²) in [6.45, 7) is 0. The lowest BCUT2D eigenvalue weighted by Crippen LogP contribution is -2.01. The lowest BCUT2D eigenvalue weighted by Gasteiger charge is -2.07. The van der Waals surface area contributed by atoms with E-state index in [-0.39, 0.29) is 21.4 Å². The zero-order valence-corrected chi connectivity index (χ0v) is 13.3. The Balaban J connectivity index is 1.85. The normalized spacial score (nSPS) is 10.8. The smallest absolute Gasteiger partial charge is 0.220 e. The first-order valence-corrected chi connectivity index (χ1v) is 8.53. The molecule has 0 spiro atoms. The first-order chi connectivity index (χ1) is 11.6. The van der Waals surface area contributed by atoms with Crippen LogP contribution in [0.1, 0.15) is 5.69 Å². The monoisotopic (exact) mass is 336 g/mol. The summed E-state index contributed by atoms with van der Waals surface area (Å²) in [5, 5.41) is 8.83. The van der Waals surface area contributed by atoms with E-state index in [0.717, 1.165) is 0 Å². The molecule has 5 nitrogen and oxygen atoms in total. The first kappa shape index (κ1) is 15.7. The summed E-state index contributed by atoms with van der Waals surface area (Å²) in [5.74, 6) is 0.706. The third-order valence-electron chi connectivity index (χ3n) is 3.25. The number of rotatable bonds is 4. The zero-order valence-electron chi connectivity index (χ0n) is 12.5. The molecule has 0 radical (unpaired) electrons. The summed E-state index contributed by atoms with van der Waals surface area (Å²) in [6, 6.07) is 21.1. The lowest BCUT2D eigenvalue weighted by molar-refractivity contribution is 0.462. The molecule has 2 aromatic carbocycles. The number of hydrogen-bond acceptors (Lipinski definition) is 5. The van der Waals surface area contributed by atoms with Gasteiger partial charge in [-0.1, -0.05) is 24.3 Å². The van der Waals surface area contributed by atoms with E-state index in [9.17, 15) is 8.42 Å². The molecule has 0 bridgehead atoms. The topological polar surface area (TPSA) is 80.0 Å². The second-order valence-corrected chi connectivity index (χ2v) is 6.81. The molecule has 3 aromatic rings. The van der Waals surface area contributed by atoms with Gasteiger partial charge in [0, 0.05) is 6.07 Å². The predicted octanol–water partition coefficient (Wildman–Crippen LogP) is 3.58. The van der Waals surface area contributed by atoms with Crippen molar-refractivity contribution in [3.8, 4) is 17.7 Å². The molecule has 0 fully saturated rings. The number of nitriles is 1. The highest BCUT2D eigenvalue weighted by Crippen LogP contribution is 2.25. The van der Waals surface area contributed by atoms with Crippen LogP contribution in [0.4, 0.5) is 0 Å². The van der Waals surface area contributed by atoms with E-state index >= 15 is 0 Å². The van der Waals surface area contributed by atoms with E-state index in [1.165, 1.54) is 12.1 Å². The van der Waals surface area contributed by atoms with Crippen LogP contribution in [-0.2, 0) is 9.84 Å². The molecule has 0 saturated heterocycles. The number of pyridine rings is 1. The van der Waals surface area contributed by atoms with E-state index in [2.05, 4.69) is 4.98 Å². The van der Waals surface area contributed by atoms with Crippen molar-refractivity contribution in [1.29, 1.82) is 5.26 Å². The maximum atomic E-state index is 12.5. The summed E-state index contributed by atoms with van der Waals surface area (Å²) in [4.78, 5) is 4.42. The fourth-order valence-electron chi connectivity index (χ4n) is 2.08. The Kier molecular flexibility index (Phi) is 4.27. The fourth-order valence-corrected chi connectivity index (χ4v) is 3.36. The minimum Gasteiger partial charge on any atom is -0.439 e. The van der Waals surface area contributed by atoms with Gasteiger partial charge >= 0.3 is 0 Å². The Labute approximate surface area is 139 Å². The van der Waals surface area contributed by atoms with Crippen molar-refractivity contribution in [1.82, 2.24) is 4.98 Å². The molecule has 0 aliphatic carbocycles. The maximum absolute atomic E-state index is 12.5. The van der Waals surface area contributed by atoms with Crippen LogP contribution in [0.25, 0.3) is 0 Å². The predicted molar refractivity (Wildman–Crippen MR) is 87.4 cm³/mol. The number of hydrogen-bond donors (Lipinski definition) is 0. The fraction of sp³-hybridized carbons (Fsp3) is 0. The van der Waals surface area contributed by atoms with E-state index in [1.807, 2.05) is 6.07 Å². The van der Waals surface area contributed by atoms with Crippen LogP contribution in [0.5, 0.6) is 11.6 Å². The summed E-state index contributed by atoms with van der Waals surface area (Å²) in [6.07, 6.45) is 0. The highest BCUT2D eigenvalue weighted by molar-refractivity contribution is 7.91. The second-order valence-electron chi connectivity index (χ2n) is 4.86. The molecule has 0 aliphatic heterocycles. The van der Waals surface area contributed by atoms with Crippen LogP contribution >= 0.6 is 0 Å². The number of ether oxygens (including phenoxy) is 1. The van der Waals surface area contributed by atoms with E-state index in [1.54, 1.807) is 60.7 Å². The Morgan fingerprint density at radius 2 is 1.50 bits per heavy atom. The maximum Gasteiger partial charge on any atom is 0.220 e. The molecule has 0 aliphatic rings. The highest BCUT2D eigenvalue weighted by Gasteiger charge is 2.17. The SMILES string of the molecule is N#Cc1cccc(Oc2ccc(S(=O)(=O)c3ccccc3)cc2)n1. The molecular weight excluding hydrogens is 324 g/mol. The molecule has 118 valence electrons. The molecule has 0 unspecified atom stereocenters. The molecule has 3 rings (SSSR count). The molecule has 6 heteroatoms. The van der Waals surface area contributed by atoms with E-state index < -0.39 is 9.84 Å². The molecule has 0 N–H and O–H groups in total. The van der Waals surface area contributed by atoms with Crippen molar-refractivity contribution in [2.45, 2.75) is 9.79 Å². The van der Waals surface area contributed by atoms with Gasteiger partial charge in [-0.05, 0) is 42.5 Å². The minimum atomic E-state index is -3.55. The van der Waals surface area contributed by atoms with Crippen molar-refractivity contribution in [3.63, 3.8) is 0 Å². The highest BCUT2D eigenvalue weighted by atomic mass is 32.2. The number of benzene rings is 2. The number of nitrogens with zero attached hydrogens (tertiary/aromatic N) is 2. The Morgan fingerprint density at radius 1 is 0.833 bits per heavy atom. The first-order valence-electron chi connectivity index (χ1n) is 7.05. The Hall–Kier alpha value is -3.17. The summed E-state index contributed by atoms with van der Waals surface area (Å²) in [5.41, 5.74) is 0.246. The van der Waals surface area contributed by atoms with Gasteiger partial charge in [-0.15, -0.1) is 0 Å². The second kappa shape index (κ2) is 6.52. The molecule has 1 aromatic heterocycles. The average molecular weight is 336 g/mol. The van der Waals surface area contributed by atoms with Gasteiger partial charge in [-0.25, -0.2) is 13.4 Å². The number of sulfone groups is 1. The Morgan fingerprint density at radius 3 is 2.17 bits per heavy atom. The third-order valence-corrected chi connectivity index (χ3v) is 5.03. The average Bonchev–Trinajstić information content (AvgIpc) is 2.63. The van der Waals surface area contributed by atoms with Gasteiger partial charge in [0.15, 0.2) is 0 Å². The van der Waals surface area contributed by atoms with Gasteiger partial charge in [-0.3, -0.25) is 0 Å². The van der Waals surface area contributed by atoms with Gasteiger partial charge in [0.1, 0.15) is 17.5 Å². The summed E-state index contributed by atoms with van der Waals surface area (Å²) >= 11 is 0. The van der Waals surface area contributed by atoms with Crippen LogP contribution in [0.2, 0.25) is 0 Å². The van der Waals surface area contributed by atoms with E-state index in [0.29, 0.717) is 5.75 Å². The molecule has 24 heavy (non-hydrogen) atoms. The molecule has 1 heterocycles. The van der Waals surface area contributed by atoms with Gasteiger partial charge in [0.25, 0.3) is 0 Å². The van der Waals surface area contributed by atoms with Crippen molar-refractivity contribution in [2.24, 2.45) is 0 Å². The van der Waals surface area contributed by atoms with Crippen molar-refractivity contribution >= 4 is 9.84 Å². The zero-order chi connectivity index (χ0) is 17.0. The van der Waals surface area contributed by atoms with Crippen LogP contribution in [-0.4, -0.2) is 13.4 Å². The quantitative estimate of drug-likeness (QED) is 0.727. The third kappa shape index (κ3) is 3.26. The summed E-state index contributed by atoms with van der Waals surface area (Å²) in [7, 11) is -3.55. The standard InChI is InChI=1S/C18H12N2O3S/c19-13-14-5-4-8-18(20-14)23-15-9-11-17(12-10-15)24(21,22)16-6-2-1-3-7-16/h1-12H.